The third-order valence-electron chi connectivity index (χ3n) is 11.9. The number of imidazole rings is 2. The number of hydrogen-bond acceptors (Lipinski definition) is 9. The van der Waals surface area contributed by atoms with Gasteiger partial charge in [0, 0.05) is 23.5 Å². The average molecular weight is 840 g/mol. The van der Waals surface area contributed by atoms with Gasteiger partial charge in [-0.25, -0.2) is 19.2 Å². The number of nitrogens with one attached hydrogen (secondary N) is 3. The van der Waals surface area contributed by atoms with Crippen LogP contribution in [0.4, 0.5) is 9.18 Å². The maximum atomic E-state index is 15.8. The van der Waals surface area contributed by atoms with E-state index in [1.165, 1.54) is 25.6 Å². The number of aromatic amines is 2. The molecule has 318 valence electrons. The van der Waals surface area contributed by atoms with E-state index in [2.05, 4.69) is 29.1 Å². The molecule has 3 amide bonds. The van der Waals surface area contributed by atoms with Gasteiger partial charge in [0.15, 0.2) is 0 Å². The molecule has 60 heavy (non-hydrogen) atoms. The number of carbonyl (C=O) groups is 4. The predicted molar refractivity (Wildman–Crippen MR) is 228 cm³/mol. The monoisotopic (exact) mass is 839 g/mol. The number of hydrogen-bond donors (Lipinski definition) is 3. The summed E-state index contributed by atoms with van der Waals surface area (Å²) in [5.74, 6) is 0.283. The maximum absolute atomic E-state index is 15.8. The number of nitrogens with zero attached hydrogens (tertiary/aromatic N) is 4. The summed E-state index contributed by atoms with van der Waals surface area (Å²) in [6.07, 6.45) is 2.65. The smallest absolute Gasteiger partial charge is 0.407 e. The summed E-state index contributed by atoms with van der Waals surface area (Å²) >= 11 is 1.46. The van der Waals surface area contributed by atoms with Crippen LogP contribution in [0.5, 0.6) is 0 Å². The van der Waals surface area contributed by atoms with E-state index in [1.807, 2.05) is 69.0 Å². The number of amides is 3. The highest BCUT2D eigenvalue weighted by Crippen LogP contribution is 2.41. The van der Waals surface area contributed by atoms with Crippen molar-refractivity contribution in [3.8, 4) is 32.8 Å². The van der Waals surface area contributed by atoms with Gasteiger partial charge in [0.25, 0.3) is 0 Å². The molecule has 2 fully saturated rings. The molecule has 0 aliphatic carbocycles. The molecular weight excluding hydrogens is 786 g/mol. The minimum absolute atomic E-state index is 0.0282. The molecule has 5 aromatic rings. The molecule has 7 rings (SSSR count). The van der Waals surface area contributed by atoms with Crippen LogP contribution in [-0.2, 0) is 23.9 Å². The molecule has 0 spiro atoms. The van der Waals surface area contributed by atoms with Gasteiger partial charge in [0.05, 0.1) is 56.0 Å². The highest BCUT2D eigenvalue weighted by molar-refractivity contribution is 7.21. The summed E-state index contributed by atoms with van der Waals surface area (Å²) < 4.78 is 25.5. The minimum atomic E-state index is -0.726. The van der Waals surface area contributed by atoms with E-state index in [-0.39, 0.29) is 59.8 Å². The van der Waals surface area contributed by atoms with E-state index < -0.39 is 24.0 Å². The Balaban J connectivity index is 1.04. The molecule has 15 heteroatoms. The van der Waals surface area contributed by atoms with E-state index in [0.29, 0.717) is 30.3 Å². The lowest BCUT2D eigenvalue weighted by atomic mass is 9.91. The summed E-state index contributed by atoms with van der Waals surface area (Å²) in [5, 5.41) is 2.69. The lowest BCUT2D eigenvalue weighted by molar-refractivity contribution is -0.148. The Hall–Kier alpha value is -5.57. The quantitative estimate of drug-likeness (QED) is 0.105. The molecule has 0 saturated carbocycles. The molecule has 13 nitrogen and oxygen atoms in total. The van der Waals surface area contributed by atoms with Crippen LogP contribution in [0.2, 0.25) is 0 Å². The zero-order valence-corrected chi connectivity index (χ0v) is 36.2. The topological polar surface area (TPSA) is 163 Å². The van der Waals surface area contributed by atoms with Gasteiger partial charge in [0.2, 0.25) is 11.8 Å². The van der Waals surface area contributed by atoms with Crippen LogP contribution in [0.15, 0.2) is 54.7 Å². The van der Waals surface area contributed by atoms with Gasteiger partial charge in [0.1, 0.15) is 28.3 Å². The molecule has 6 atom stereocenters. The van der Waals surface area contributed by atoms with Crippen molar-refractivity contribution in [1.29, 1.82) is 0 Å². The number of halogens is 1. The minimum Gasteiger partial charge on any atom is -0.469 e. The Bertz CT molecular complexity index is 2340. The largest absolute Gasteiger partial charge is 0.469 e. The number of rotatable bonds is 12. The first-order chi connectivity index (χ1) is 28.6. The number of methoxy groups -OCH3 is 2. The first-order valence-electron chi connectivity index (χ1n) is 20.6. The van der Waals surface area contributed by atoms with Crippen molar-refractivity contribution in [3.05, 3.63) is 72.2 Å². The number of ether oxygens (including phenoxy) is 2. The summed E-state index contributed by atoms with van der Waals surface area (Å²) in [4.78, 5) is 73.3. The number of likely N-dealkylation sites (tertiary alicyclic amines) is 2. The van der Waals surface area contributed by atoms with Gasteiger partial charge in [-0.1, -0.05) is 77.9 Å². The lowest BCUT2D eigenvalue weighted by Crippen LogP contribution is -2.51. The van der Waals surface area contributed by atoms with Crippen molar-refractivity contribution in [2.75, 3.05) is 27.3 Å². The average Bonchev–Trinajstić information content (AvgIpc) is 4.07. The number of benzene rings is 2. The van der Waals surface area contributed by atoms with E-state index in [9.17, 15) is 19.2 Å². The van der Waals surface area contributed by atoms with E-state index in [1.54, 1.807) is 23.2 Å². The SMILES string of the molecule is COC(=O)C[C@H](C(=O)N1C[C@@H](C)C[C@H]1c1ncc(-c2ccc(-c3ccc(-c4cc5[nH]c([C@@H]6C[C@H](C)CN6C(=O)[C@@H](NC(=O)OC)C(C)C)nc5s4)cc3F)cc2)[nH]1)C(C)C. The fraction of sp³-hybridized carbons (Fsp3) is 0.467. The number of fused-ring (bicyclic) bond motifs is 1. The Morgan fingerprint density at radius 2 is 1.47 bits per heavy atom. The molecule has 2 aliphatic heterocycles. The molecule has 0 radical (unpaired) electrons. The van der Waals surface area contributed by atoms with E-state index >= 15 is 4.39 Å². The summed E-state index contributed by atoms with van der Waals surface area (Å²) in [6.45, 7) is 13.0. The second-order valence-electron chi connectivity index (χ2n) is 17.1. The van der Waals surface area contributed by atoms with Crippen LogP contribution in [0.1, 0.15) is 84.5 Å². The zero-order valence-electron chi connectivity index (χ0n) is 35.4. The molecule has 2 aliphatic rings. The molecule has 0 bridgehead atoms. The van der Waals surface area contributed by atoms with Crippen molar-refractivity contribution < 1.29 is 33.0 Å². The highest BCUT2D eigenvalue weighted by Gasteiger charge is 2.42. The van der Waals surface area contributed by atoms with E-state index in [0.717, 1.165) is 50.5 Å². The lowest BCUT2D eigenvalue weighted by Gasteiger charge is -2.30. The van der Waals surface area contributed by atoms with Gasteiger partial charge >= 0.3 is 12.1 Å². The number of esters is 1. The number of carbonyl (C=O) groups excluding carboxylic acids is 4. The van der Waals surface area contributed by atoms with Gasteiger partial charge in [-0.3, -0.25) is 14.4 Å². The Morgan fingerprint density at radius 1 is 0.833 bits per heavy atom. The third kappa shape index (κ3) is 8.68. The molecule has 2 saturated heterocycles. The standard InChI is InChI=1S/C45H54FN7O6S/c1-23(2)31(18-38(54)58-7)43(55)52-21-25(5)15-35(52)40-47-20-34(49-40)28-11-9-27(10-12-28)30-14-13-29(17-32(30)46)37-19-33-42(60-37)51-41(48-33)36-16-26(6)22-53(36)44(56)39(24(3)4)50-45(57)59-8/h9-14,17,19-20,23-26,31,35-36,39H,15-16,18,21-22H2,1-8H3,(H,47,49)(H,48,51)(H,50,57)/t25-,26-,31-,35-,36-,39-/m0/s1. The van der Waals surface area contributed by atoms with Crippen LogP contribution in [-0.4, -0.2) is 87.0 Å². The van der Waals surface area contributed by atoms with Crippen LogP contribution < -0.4 is 5.32 Å². The van der Waals surface area contributed by atoms with Crippen LogP contribution in [0.3, 0.4) is 0 Å². The first-order valence-corrected chi connectivity index (χ1v) is 21.4. The summed E-state index contributed by atoms with van der Waals surface area (Å²) in [6, 6.07) is 13.6. The normalized spacial score (nSPS) is 20.2. The van der Waals surface area contributed by atoms with Gasteiger partial charge in [-0.15, -0.1) is 11.3 Å². The van der Waals surface area contributed by atoms with Gasteiger partial charge in [-0.2, -0.15) is 0 Å². The van der Waals surface area contributed by atoms with Crippen molar-refractivity contribution in [3.63, 3.8) is 0 Å². The number of alkyl carbamates (subject to hydrolysis) is 1. The first kappa shape index (κ1) is 42.6. The molecule has 5 heterocycles. The third-order valence-corrected chi connectivity index (χ3v) is 13.0. The Kier molecular flexibility index (Phi) is 12.5. The van der Waals surface area contributed by atoms with Gasteiger partial charge in [-0.05, 0) is 65.3 Å². The van der Waals surface area contributed by atoms with Crippen LogP contribution in [0.25, 0.3) is 43.2 Å². The maximum Gasteiger partial charge on any atom is 0.407 e. The summed E-state index contributed by atoms with van der Waals surface area (Å²) in [7, 11) is 2.62. The fourth-order valence-electron chi connectivity index (χ4n) is 8.57. The molecular formula is C45H54FN7O6S. The van der Waals surface area contributed by atoms with Crippen LogP contribution in [0, 0.1) is 35.4 Å². The predicted octanol–water partition coefficient (Wildman–Crippen LogP) is 8.52. The number of thiophene rings is 1. The van der Waals surface area contributed by atoms with Crippen molar-refractivity contribution >= 4 is 45.6 Å². The summed E-state index contributed by atoms with van der Waals surface area (Å²) in [5.41, 5.74) is 4.41. The van der Waals surface area contributed by atoms with Crippen molar-refractivity contribution in [2.24, 2.45) is 29.6 Å². The fourth-order valence-corrected chi connectivity index (χ4v) is 9.57. The molecule has 3 N–H and O–H groups in total. The number of H-pyrrole nitrogens is 2. The van der Waals surface area contributed by atoms with E-state index in [4.69, 9.17) is 19.4 Å². The second kappa shape index (κ2) is 17.6. The Morgan fingerprint density at radius 3 is 2.07 bits per heavy atom. The molecule has 0 unspecified atom stereocenters. The molecule has 2 aromatic carbocycles. The molecule has 3 aromatic heterocycles. The highest BCUT2D eigenvalue weighted by atomic mass is 32.1. The van der Waals surface area contributed by atoms with Crippen LogP contribution >= 0.6 is 11.3 Å². The van der Waals surface area contributed by atoms with Gasteiger partial charge < -0.3 is 34.6 Å². The Labute approximate surface area is 353 Å². The zero-order chi connectivity index (χ0) is 43.0. The van der Waals surface area contributed by atoms with Crippen molar-refractivity contribution in [2.45, 2.75) is 78.9 Å². The van der Waals surface area contributed by atoms with Crippen molar-refractivity contribution in [1.82, 2.24) is 35.1 Å². The second-order valence-corrected chi connectivity index (χ2v) is 18.1. The number of aromatic nitrogens is 4.